The Kier molecular flexibility index (Phi) is 4.41. The maximum absolute atomic E-state index is 4.90. The second-order valence-corrected chi connectivity index (χ2v) is 7.05. The zero-order valence-electron chi connectivity index (χ0n) is 15.0. The maximum atomic E-state index is 4.90. The Morgan fingerprint density at radius 1 is 0.920 bits per heavy atom. The van der Waals surface area contributed by atoms with Crippen LogP contribution in [0.25, 0.3) is 22.5 Å². The molecule has 3 nitrogen and oxygen atoms in total. The molecule has 1 aliphatic rings. The predicted octanol–water partition coefficient (Wildman–Crippen LogP) is 4.83. The summed E-state index contributed by atoms with van der Waals surface area (Å²) in [5, 5.41) is 3.44. The van der Waals surface area contributed by atoms with E-state index in [0.29, 0.717) is 5.92 Å². The molecular formula is C22H25N3. The molecule has 25 heavy (non-hydrogen) atoms. The van der Waals surface area contributed by atoms with Gasteiger partial charge in [-0.1, -0.05) is 30.3 Å². The first kappa shape index (κ1) is 16.1. The molecule has 0 atom stereocenters. The van der Waals surface area contributed by atoms with Crippen molar-refractivity contribution >= 4 is 0 Å². The zero-order valence-corrected chi connectivity index (χ0v) is 15.0. The lowest BCUT2D eigenvalue weighted by atomic mass is 9.89. The van der Waals surface area contributed by atoms with Crippen molar-refractivity contribution < 1.29 is 0 Å². The molecule has 2 aromatic heterocycles. The molecule has 0 spiro atoms. The second kappa shape index (κ2) is 6.85. The second-order valence-electron chi connectivity index (χ2n) is 7.05. The number of pyridine rings is 1. The van der Waals surface area contributed by atoms with Crippen molar-refractivity contribution in [2.75, 3.05) is 13.1 Å². The van der Waals surface area contributed by atoms with Gasteiger partial charge in [-0.25, -0.2) is 4.98 Å². The molecule has 128 valence electrons. The average Bonchev–Trinajstić information content (AvgIpc) is 3.01. The van der Waals surface area contributed by atoms with E-state index in [0.717, 1.165) is 24.5 Å². The van der Waals surface area contributed by atoms with E-state index in [-0.39, 0.29) is 0 Å². The third-order valence-electron chi connectivity index (χ3n) is 5.19. The van der Waals surface area contributed by atoms with Gasteiger partial charge in [-0.15, -0.1) is 0 Å². The highest BCUT2D eigenvalue weighted by Gasteiger charge is 2.15. The number of hydrogen-bond donors (Lipinski definition) is 2. The van der Waals surface area contributed by atoms with Gasteiger partial charge in [0.05, 0.1) is 11.4 Å². The van der Waals surface area contributed by atoms with E-state index in [2.05, 4.69) is 72.7 Å². The number of aromatic nitrogens is 2. The number of nitrogens with one attached hydrogen (secondary N) is 2. The minimum atomic E-state index is 0.695. The van der Waals surface area contributed by atoms with Crippen molar-refractivity contribution in [2.45, 2.75) is 32.6 Å². The average molecular weight is 331 g/mol. The summed E-state index contributed by atoms with van der Waals surface area (Å²) in [5.74, 6) is 0.695. The first-order chi connectivity index (χ1) is 12.2. The summed E-state index contributed by atoms with van der Waals surface area (Å²) < 4.78 is 0. The summed E-state index contributed by atoms with van der Waals surface area (Å²) in [4.78, 5) is 8.26. The Hall–Kier alpha value is -2.39. The van der Waals surface area contributed by atoms with Crippen LogP contribution in [0.3, 0.4) is 0 Å². The largest absolute Gasteiger partial charge is 0.362 e. The molecule has 1 fully saturated rings. The Bertz CT molecular complexity index is 855. The van der Waals surface area contributed by atoms with Crippen LogP contribution in [0.2, 0.25) is 0 Å². The van der Waals surface area contributed by atoms with Crippen molar-refractivity contribution in [3.05, 3.63) is 65.5 Å². The maximum Gasteiger partial charge on any atom is 0.0727 e. The molecule has 0 amide bonds. The summed E-state index contributed by atoms with van der Waals surface area (Å²) in [6, 6.07) is 17.5. The number of aryl methyl sites for hydroxylation is 2. The van der Waals surface area contributed by atoms with Crippen LogP contribution >= 0.6 is 0 Å². The Balaban J connectivity index is 1.61. The summed E-state index contributed by atoms with van der Waals surface area (Å²) in [6.45, 7) is 6.45. The minimum absolute atomic E-state index is 0.695. The van der Waals surface area contributed by atoms with Gasteiger partial charge in [-0.3, -0.25) is 0 Å². The molecule has 0 radical (unpaired) electrons. The van der Waals surface area contributed by atoms with Crippen molar-refractivity contribution in [3.8, 4) is 22.5 Å². The molecular weight excluding hydrogens is 306 g/mol. The van der Waals surface area contributed by atoms with Crippen LogP contribution in [0.5, 0.6) is 0 Å². The van der Waals surface area contributed by atoms with Gasteiger partial charge in [0.2, 0.25) is 0 Å². The fourth-order valence-electron chi connectivity index (χ4n) is 3.82. The first-order valence-corrected chi connectivity index (χ1v) is 9.15. The summed E-state index contributed by atoms with van der Waals surface area (Å²) in [5.41, 5.74) is 8.23. The molecule has 3 aromatic rings. The third kappa shape index (κ3) is 3.38. The number of piperidine rings is 1. The highest BCUT2D eigenvalue weighted by atomic mass is 14.9. The zero-order chi connectivity index (χ0) is 17.2. The van der Waals surface area contributed by atoms with Gasteiger partial charge in [0, 0.05) is 22.5 Å². The van der Waals surface area contributed by atoms with Gasteiger partial charge in [0.1, 0.15) is 0 Å². The van der Waals surface area contributed by atoms with Crippen LogP contribution in [0.1, 0.15) is 35.7 Å². The standard InChI is InChI=1S/C22H25N3/c1-15-14-20(16(2)24-15)22-5-3-4-21(25-22)19-8-6-17(7-9-19)18-10-12-23-13-11-18/h3-9,14,18,23-24H,10-13H2,1-2H3. The van der Waals surface area contributed by atoms with Crippen LogP contribution in [0, 0.1) is 13.8 Å². The molecule has 0 saturated carbocycles. The Morgan fingerprint density at radius 3 is 2.32 bits per heavy atom. The molecule has 0 bridgehead atoms. The smallest absolute Gasteiger partial charge is 0.0727 e. The van der Waals surface area contributed by atoms with Crippen molar-refractivity contribution in [1.29, 1.82) is 0 Å². The van der Waals surface area contributed by atoms with Crippen LogP contribution in [0.15, 0.2) is 48.5 Å². The van der Waals surface area contributed by atoms with Gasteiger partial charge in [0.25, 0.3) is 0 Å². The molecule has 1 saturated heterocycles. The molecule has 2 N–H and O–H groups in total. The summed E-state index contributed by atoms with van der Waals surface area (Å²) >= 11 is 0. The summed E-state index contributed by atoms with van der Waals surface area (Å²) in [7, 11) is 0. The van der Waals surface area contributed by atoms with Crippen LogP contribution in [0.4, 0.5) is 0 Å². The SMILES string of the molecule is Cc1cc(-c2cccc(-c3ccc(C4CCNCC4)cc3)n2)c(C)[nH]1. The van der Waals surface area contributed by atoms with Gasteiger partial charge >= 0.3 is 0 Å². The highest BCUT2D eigenvalue weighted by Crippen LogP contribution is 2.29. The van der Waals surface area contributed by atoms with E-state index in [4.69, 9.17) is 4.98 Å². The van der Waals surface area contributed by atoms with Gasteiger partial charge in [0.15, 0.2) is 0 Å². The molecule has 3 heterocycles. The number of H-pyrrole nitrogens is 1. The number of nitrogens with zero attached hydrogens (tertiary/aromatic N) is 1. The Labute approximate surface area is 149 Å². The van der Waals surface area contributed by atoms with E-state index in [1.54, 1.807) is 0 Å². The quantitative estimate of drug-likeness (QED) is 0.722. The van der Waals surface area contributed by atoms with Gasteiger partial charge in [-0.2, -0.15) is 0 Å². The van der Waals surface area contributed by atoms with E-state index in [1.165, 1.54) is 40.9 Å². The van der Waals surface area contributed by atoms with E-state index < -0.39 is 0 Å². The van der Waals surface area contributed by atoms with Gasteiger partial charge in [-0.05, 0) is 69.5 Å². The number of rotatable bonds is 3. The van der Waals surface area contributed by atoms with E-state index in [1.807, 2.05) is 0 Å². The topological polar surface area (TPSA) is 40.7 Å². The number of aromatic amines is 1. The molecule has 4 rings (SSSR count). The first-order valence-electron chi connectivity index (χ1n) is 9.15. The van der Waals surface area contributed by atoms with Crippen molar-refractivity contribution in [1.82, 2.24) is 15.3 Å². The molecule has 1 aromatic carbocycles. The van der Waals surface area contributed by atoms with Crippen LogP contribution in [-0.2, 0) is 0 Å². The molecule has 1 aliphatic heterocycles. The van der Waals surface area contributed by atoms with Crippen LogP contribution in [-0.4, -0.2) is 23.1 Å². The highest BCUT2D eigenvalue weighted by molar-refractivity contribution is 5.68. The van der Waals surface area contributed by atoms with E-state index in [9.17, 15) is 0 Å². The monoisotopic (exact) mass is 331 g/mol. The number of benzene rings is 1. The molecule has 0 aliphatic carbocycles. The lowest BCUT2D eigenvalue weighted by Crippen LogP contribution is -2.26. The third-order valence-corrected chi connectivity index (χ3v) is 5.19. The predicted molar refractivity (Wildman–Crippen MR) is 104 cm³/mol. The van der Waals surface area contributed by atoms with Crippen LogP contribution < -0.4 is 5.32 Å². The fourth-order valence-corrected chi connectivity index (χ4v) is 3.82. The van der Waals surface area contributed by atoms with Crippen molar-refractivity contribution in [2.24, 2.45) is 0 Å². The van der Waals surface area contributed by atoms with Gasteiger partial charge < -0.3 is 10.3 Å². The number of hydrogen-bond acceptors (Lipinski definition) is 2. The molecule has 0 unspecified atom stereocenters. The summed E-state index contributed by atoms with van der Waals surface area (Å²) in [6.07, 6.45) is 2.47. The lowest BCUT2D eigenvalue weighted by molar-refractivity contribution is 0.460. The Morgan fingerprint density at radius 2 is 1.64 bits per heavy atom. The normalized spacial score (nSPS) is 15.4. The van der Waals surface area contributed by atoms with Crippen molar-refractivity contribution in [3.63, 3.8) is 0 Å². The molecule has 3 heteroatoms. The lowest BCUT2D eigenvalue weighted by Gasteiger charge is -2.23. The minimum Gasteiger partial charge on any atom is -0.362 e. The van der Waals surface area contributed by atoms with E-state index >= 15 is 0 Å². The fraction of sp³-hybridized carbons (Fsp3) is 0.318.